The average Bonchev–Trinajstić information content (AvgIpc) is 2.38. The predicted molar refractivity (Wildman–Crippen MR) is 85.9 cm³/mol. The van der Waals surface area contributed by atoms with Crippen LogP contribution in [0, 0.1) is 0 Å². The molecular formula is C14H29FO4SSi. The lowest BCUT2D eigenvalue weighted by Crippen LogP contribution is -2.41. The largest absolute Gasteiger partial charge is 0.518 e. The fourth-order valence-electron chi connectivity index (χ4n) is 2.44. The van der Waals surface area contributed by atoms with Gasteiger partial charge in [-0.15, -0.1) is 3.89 Å². The molecule has 0 heterocycles. The average molecular weight is 341 g/mol. The normalized spacial score (nSPS) is 12.4. The highest BCUT2D eigenvalue weighted by Gasteiger charge is 2.37. The van der Waals surface area contributed by atoms with Crippen LogP contribution in [0.25, 0.3) is 0 Å². The number of hydrogen-bond acceptors (Lipinski definition) is 4. The summed E-state index contributed by atoms with van der Waals surface area (Å²) in [6.07, 6.45) is 5.92. The molecule has 0 aliphatic rings. The first-order valence-electron chi connectivity index (χ1n) is 7.92. The zero-order valence-electron chi connectivity index (χ0n) is 13.5. The zero-order chi connectivity index (χ0) is 16.4. The van der Waals surface area contributed by atoms with Gasteiger partial charge < -0.3 is 4.43 Å². The minimum Gasteiger partial charge on any atom is -0.518 e. The van der Waals surface area contributed by atoms with E-state index in [9.17, 15) is 17.1 Å². The fraction of sp³-hybridized carbons (Fsp3) is 0.929. The molecule has 21 heavy (non-hydrogen) atoms. The number of carbonyl (C=O) groups excluding carboxylic acids is 1. The fourth-order valence-corrected chi connectivity index (χ4v) is 7.49. The van der Waals surface area contributed by atoms with Gasteiger partial charge in [-0.3, -0.25) is 4.79 Å². The van der Waals surface area contributed by atoms with Crippen molar-refractivity contribution in [2.75, 3.05) is 5.75 Å². The first-order valence-corrected chi connectivity index (χ1v) is 12.0. The van der Waals surface area contributed by atoms with Gasteiger partial charge in [0, 0.05) is 0 Å². The molecule has 0 aromatic carbocycles. The van der Waals surface area contributed by atoms with Crippen LogP contribution in [-0.2, 0) is 19.4 Å². The summed E-state index contributed by atoms with van der Waals surface area (Å²) in [7, 11) is -7.11. The lowest BCUT2D eigenvalue weighted by molar-refractivity contribution is -0.132. The van der Waals surface area contributed by atoms with Crippen LogP contribution in [-0.4, -0.2) is 28.5 Å². The van der Waals surface area contributed by atoms with Crippen LogP contribution in [0.2, 0.25) is 18.1 Å². The Kier molecular flexibility index (Phi) is 10.1. The molecule has 126 valence electrons. The van der Waals surface area contributed by atoms with Crippen LogP contribution in [0.5, 0.6) is 0 Å². The minimum absolute atomic E-state index is 0.849. The van der Waals surface area contributed by atoms with Gasteiger partial charge in [0.25, 0.3) is 8.32 Å². The van der Waals surface area contributed by atoms with Crippen LogP contribution in [0.3, 0.4) is 0 Å². The Morgan fingerprint density at radius 3 is 1.62 bits per heavy atom. The lowest BCUT2D eigenvalue weighted by Gasteiger charge is -2.31. The maximum atomic E-state index is 12.7. The highest BCUT2D eigenvalue weighted by atomic mass is 32.3. The molecule has 0 bridgehead atoms. The Morgan fingerprint density at radius 2 is 1.33 bits per heavy atom. The van der Waals surface area contributed by atoms with Crippen LogP contribution in [0.15, 0.2) is 0 Å². The molecule has 0 saturated carbocycles. The second-order valence-corrected chi connectivity index (χ2v) is 11.1. The van der Waals surface area contributed by atoms with E-state index in [0.29, 0.717) is 0 Å². The van der Waals surface area contributed by atoms with Gasteiger partial charge in [-0.25, -0.2) is 0 Å². The van der Waals surface area contributed by atoms with Crippen molar-refractivity contribution in [3.05, 3.63) is 0 Å². The summed E-state index contributed by atoms with van der Waals surface area (Å²) in [6, 6.07) is 2.55. The van der Waals surface area contributed by atoms with E-state index in [1.165, 1.54) is 0 Å². The van der Waals surface area contributed by atoms with Crippen molar-refractivity contribution in [2.24, 2.45) is 0 Å². The van der Waals surface area contributed by atoms with Gasteiger partial charge >= 0.3 is 16.2 Å². The second-order valence-electron chi connectivity index (χ2n) is 5.65. The summed E-state index contributed by atoms with van der Waals surface area (Å²) in [5, 5.41) is 0. The molecule has 0 aliphatic heterocycles. The quantitative estimate of drug-likeness (QED) is 0.395. The van der Waals surface area contributed by atoms with Crippen molar-refractivity contribution in [2.45, 2.75) is 77.4 Å². The Labute approximate surface area is 129 Å². The predicted octanol–water partition coefficient (Wildman–Crippen LogP) is 4.17. The summed E-state index contributed by atoms with van der Waals surface area (Å²) in [6.45, 7) is 6.23. The van der Waals surface area contributed by atoms with E-state index in [0.717, 1.165) is 56.7 Å². The van der Waals surface area contributed by atoms with Crippen LogP contribution in [0.1, 0.15) is 59.3 Å². The van der Waals surface area contributed by atoms with Crippen LogP contribution >= 0.6 is 0 Å². The summed E-state index contributed by atoms with van der Waals surface area (Å²) in [4.78, 5) is 11.8. The molecule has 0 radical (unpaired) electrons. The zero-order valence-corrected chi connectivity index (χ0v) is 15.3. The monoisotopic (exact) mass is 340 g/mol. The van der Waals surface area contributed by atoms with Crippen molar-refractivity contribution in [1.82, 2.24) is 0 Å². The van der Waals surface area contributed by atoms with Gasteiger partial charge in [-0.2, -0.15) is 8.42 Å². The first-order chi connectivity index (χ1) is 9.78. The molecule has 0 N–H and O–H groups in total. The topological polar surface area (TPSA) is 60.4 Å². The van der Waals surface area contributed by atoms with Gasteiger partial charge in [0.2, 0.25) is 0 Å². The van der Waals surface area contributed by atoms with Crippen LogP contribution in [0.4, 0.5) is 3.89 Å². The van der Waals surface area contributed by atoms with Crippen molar-refractivity contribution in [3.8, 4) is 0 Å². The van der Waals surface area contributed by atoms with Gasteiger partial charge in [-0.05, 0) is 18.1 Å². The third kappa shape index (κ3) is 10.0. The van der Waals surface area contributed by atoms with Gasteiger partial charge in [0.1, 0.15) is 0 Å². The van der Waals surface area contributed by atoms with E-state index in [1.54, 1.807) is 0 Å². The highest BCUT2D eigenvalue weighted by Crippen LogP contribution is 2.30. The van der Waals surface area contributed by atoms with E-state index >= 15 is 0 Å². The SMILES string of the molecule is CCCC[Si](CCCC)(CCCC)OC(=O)CS(=O)(=O)F. The van der Waals surface area contributed by atoms with Gasteiger partial charge in [-0.1, -0.05) is 59.3 Å². The summed E-state index contributed by atoms with van der Waals surface area (Å²) in [5.41, 5.74) is 0. The molecule has 0 rings (SSSR count). The Hall–Kier alpha value is -0.433. The Balaban J connectivity index is 4.96. The molecule has 0 fully saturated rings. The van der Waals surface area contributed by atoms with Crippen molar-refractivity contribution < 1.29 is 21.5 Å². The molecule has 0 aliphatic carbocycles. The van der Waals surface area contributed by atoms with Gasteiger partial charge in [0.05, 0.1) is 0 Å². The summed E-state index contributed by atoms with van der Waals surface area (Å²) < 4.78 is 39.5. The molecule has 0 saturated heterocycles. The maximum Gasteiger partial charge on any atom is 0.313 e. The van der Waals surface area contributed by atoms with E-state index in [1.807, 2.05) is 0 Å². The molecule has 0 unspecified atom stereocenters. The molecule has 7 heteroatoms. The summed E-state index contributed by atoms with van der Waals surface area (Å²) >= 11 is 0. The van der Waals surface area contributed by atoms with E-state index in [2.05, 4.69) is 20.8 Å². The van der Waals surface area contributed by atoms with Crippen molar-refractivity contribution in [3.63, 3.8) is 0 Å². The Bertz CT molecular complexity index is 376. The molecule has 0 aromatic heterocycles. The Morgan fingerprint density at radius 1 is 0.952 bits per heavy atom. The van der Waals surface area contributed by atoms with E-state index < -0.39 is 30.3 Å². The molecule has 0 spiro atoms. The lowest BCUT2D eigenvalue weighted by atomic mass is 10.4. The number of rotatable bonds is 12. The molecule has 4 nitrogen and oxygen atoms in total. The van der Waals surface area contributed by atoms with Crippen molar-refractivity contribution >= 4 is 24.5 Å². The molecule has 0 aromatic rings. The third-order valence-corrected chi connectivity index (χ3v) is 8.61. The molecule has 0 amide bonds. The molecular weight excluding hydrogens is 311 g/mol. The molecule has 0 atom stereocenters. The number of carbonyl (C=O) groups is 1. The number of halogens is 1. The van der Waals surface area contributed by atoms with E-state index in [4.69, 9.17) is 4.43 Å². The minimum atomic E-state index is -4.81. The second kappa shape index (κ2) is 10.3. The first kappa shape index (κ1) is 20.6. The number of unbranched alkanes of at least 4 members (excludes halogenated alkanes) is 3. The highest BCUT2D eigenvalue weighted by molar-refractivity contribution is 7.87. The van der Waals surface area contributed by atoms with E-state index in [-0.39, 0.29) is 0 Å². The van der Waals surface area contributed by atoms with Gasteiger partial charge in [0.15, 0.2) is 5.75 Å². The summed E-state index contributed by atoms with van der Waals surface area (Å²) in [5.74, 6) is -2.06. The third-order valence-electron chi connectivity index (χ3n) is 3.58. The van der Waals surface area contributed by atoms with Crippen LogP contribution < -0.4 is 0 Å². The van der Waals surface area contributed by atoms with Crippen molar-refractivity contribution in [1.29, 1.82) is 0 Å². The standard InChI is InChI=1S/C14H29FO4SSi/c1-4-7-10-21(11-8-5-2,12-9-6-3)19-14(16)13-20(15,17)18/h4-13H2,1-3H3. The maximum absolute atomic E-state index is 12.7. The number of hydrogen-bond donors (Lipinski definition) is 0. The smallest absolute Gasteiger partial charge is 0.313 e.